The molecule has 0 unspecified atom stereocenters. The Labute approximate surface area is 313 Å². The van der Waals surface area contributed by atoms with Crippen LogP contribution < -0.4 is 4.74 Å². The molecule has 1 aliphatic carbocycles. The predicted molar refractivity (Wildman–Crippen MR) is 219 cm³/mol. The fourth-order valence-electron chi connectivity index (χ4n) is 8.83. The summed E-state index contributed by atoms with van der Waals surface area (Å²) in [6.07, 6.45) is 0. The average Bonchev–Trinajstić information content (AvgIpc) is 3.54. The highest BCUT2D eigenvalue weighted by molar-refractivity contribution is 5.93. The fraction of sp³-hybridized carbons (Fsp3) is 0.0196. The van der Waals surface area contributed by atoms with Crippen LogP contribution in [0.5, 0.6) is 11.5 Å². The lowest BCUT2D eigenvalue weighted by molar-refractivity contribution is 0.438. The molecular formula is C51H32N2O. The van der Waals surface area contributed by atoms with E-state index in [9.17, 15) is 0 Å². The number of hydrogen-bond donors (Lipinski definition) is 0. The number of aromatic nitrogens is 2. The second-order valence-corrected chi connectivity index (χ2v) is 14.1. The molecule has 0 radical (unpaired) electrons. The molecule has 0 bridgehead atoms. The molecule has 0 saturated heterocycles. The van der Waals surface area contributed by atoms with E-state index in [-0.39, 0.29) is 0 Å². The molecule has 0 N–H and O–H groups in total. The van der Waals surface area contributed by atoms with Gasteiger partial charge in [-0.05, 0) is 56.8 Å². The van der Waals surface area contributed by atoms with Gasteiger partial charge in [-0.15, -0.1) is 0 Å². The van der Waals surface area contributed by atoms with E-state index < -0.39 is 5.41 Å². The molecule has 1 aliphatic heterocycles. The van der Waals surface area contributed by atoms with Gasteiger partial charge in [-0.1, -0.05) is 176 Å². The van der Waals surface area contributed by atoms with Gasteiger partial charge in [0, 0.05) is 33.4 Å². The zero-order chi connectivity index (χ0) is 35.6. The molecule has 1 aromatic heterocycles. The topological polar surface area (TPSA) is 35.0 Å². The molecule has 1 spiro atoms. The number of rotatable bonds is 4. The van der Waals surface area contributed by atoms with Crippen molar-refractivity contribution in [1.29, 1.82) is 0 Å². The van der Waals surface area contributed by atoms with E-state index >= 15 is 0 Å². The molecule has 3 heteroatoms. The van der Waals surface area contributed by atoms with E-state index in [1.807, 2.05) is 18.2 Å². The van der Waals surface area contributed by atoms with Gasteiger partial charge in [0.15, 0.2) is 5.82 Å². The van der Waals surface area contributed by atoms with Crippen molar-refractivity contribution in [2.45, 2.75) is 5.41 Å². The first kappa shape index (κ1) is 30.5. The van der Waals surface area contributed by atoms with Crippen LogP contribution in [-0.4, -0.2) is 9.97 Å². The third kappa shape index (κ3) is 4.49. The van der Waals surface area contributed by atoms with Crippen LogP contribution >= 0.6 is 0 Å². The van der Waals surface area contributed by atoms with Crippen molar-refractivity contribution >= 4 is 10.8 Å². The van der Waals surface area contributed by atoms with Crippen LogP contribution in [0.2, 0.25) is 0 Å². The van der Waals surface area contributed by atoms with Gasteiger partial charge >= 0.3 is 0 Å². The van der Waals surface area contributed by atoms with Gasteiger partial charge in [-0.2, -0.15) is 0 Å². The number of ether oxygens (including phenoxy) is 1. The Morgan fingerprint density at radius 3 is 1.70 bits per heavy atom. The van der Waals surface area contributed by atoms with E-state index in [1.54, 1.807) is 0 Å². The van der Waals surface area contributed by atoms with Crippen molar-refractivity contribution in [3.8, 4) is 67.7 Å². The van der Waals surface area contributed by atoms with Gasteiger partial charge in [0.1, 0.15) is 11.5 Å². The summed E-state index contributed by atoms with van der Waals surface area (Å²) in [5, 5.41) is 2.37. The summed E-state index contributed by atoms with van der Waals surface area (Å²) in [5.41, 5.74) is 13.6. The standard InChI is InChI=1S/C51H32N2O/c1-2-16-34(17-3-1)50-52-46(36-30-29-33-15-4-5-18-35(33)31-36)32-47(53-50)40-22-7-6-19-37(40)41-23-14-27-45-49(41)54-48-28-13-12-26-44(48)51(45)42-24-10-8-20-38(42)39-21-9-11-25-43(39)51/h1-32H. The van der Waals surface area contributed by atoms with Crippen LogP contribution in [0.3, 0.4) is 0 Å². The Bertz CT molecular complexity index is 2880. The lowest BCUT2D eigenvalue weighted by atomic mass is 9.65. The lowest BCUT2D eigenvalue weighted by Gasteiger charge is -2.40. The molecule has 3 nitrogen and oxygen atoms in total. The SMILES string of the molecule is c1ccc(-c2nc(-c3ccc4ccccc4c3)cc(-c3ccccc3-c3cccc4c3Oc3ccccc3C43c4ccccc4-c4ccccc43)n2)cc1. The van der Waals surface area contributed by atoms with E-state index in [4.69, 9.17) is 14.7 Å². The molecule has 0 amide bonds. The maximum Gasteiger partial charge on any atom is 0.160 e. The molecule has 252 valence electrons. The van der Waals surface area contributed by atoms with E-state index in [1.165, 1.54) is 33.0 Å². The fourth-order valence-corrected chi connectivity index (χ4v) is 8.83. The molecule has 2 heterocycles. The highest BCUT2D eigenvalue weighted by Gasteiger charge is 2.51. The highest BCUT2D eigenvalue weighted by Crippen LogP contribution is 2.63. The molecule has 0 atom stereocenters. The third-order valence-corrected chi connectivity index (χ3v) is 11.2. The van der Waals surface area contributed by atoms with Gasteiger partial charge in [0.25, 0.3) is 0 Å². The first-order valence-electron chi connectivity index (χ1n) is 18.4. The minimum Gasteiger partial charge on any atom is -0.456 e. The molecule has 0 saturated carbocycles. The number of benzene rings is 8. The largest absolute Gasteiger partial charge is 0.456 e. The summed E-state index contributed by atoms with van der Waals surface area (Å²) >= 11 is 0. The minimum absolute atomic E-state index is 0.541. The zero-order valence-corrected chi connectivity index (χ0v) is 29.3. The van der Waals surface area contributed by atoms with Gasteiger partial charge in [-0.25, -0.2) is 9.97 Å². The van der Waals surface area contributed by atoms with Crippen molar-refractivity contribution in [2.24, 2.45) is 0 Å². The molecule has 11 rings (SSSR count). The Morgan fingerprint density at radius 2 is 0.926 bits per heavy atom. The maximum atomic E-state index is 7.06. The van der Waals surface area contributed by atoms with Crippen LogP contribution in [0.1, 0.15) is 22.3 Å². The van der Waals surface area contributed by atoms with Crippen LogP contribution in [0.25, 0.3) is 66.9 Å². The van der Waals surface area contributed by atoms with Crippen LogP contribution in [0.4, 0.5) is 0 Å². The molecule has 9 aromatic rings. The Hall–Kier alpha value is -7.10. The summed E-state index contributed by atoms with van der Waals surface area (Å²) in [6.45, 7) is 0. The summed E-state index contributed by atoms with van der Waals surface area (Å²) < 4.78 is 7.06. The van der Waals surface area contributed by atoms with Gasteiger partial charge in [0.2, 0.25) is 0 Å². The molecule has 0 fully saturated rings. The number of hydrogen-bond acceptors (Lipinski definition) is 3. The number of fused-ring (bicyclic) bond motifs is 10. The monoisotopic (exact) mass is 688 g/mol. The van der Waals surface area contributed by atoms with Crippen LogP contribution in [-0.2, 0) is 5.41 Å². The van der Waals surface area contributed by atoms with E-state index in [2.05, 4.69) is 176 Å². The van der Waals surface area contributed by atoms with Crippen LogP contribution in [0, 0.1) is 0 Å². The van der Waals surface area contributed by atoms with Crippen molar-refractivity contribution in [3.63, 3.8) is 0 Å². The average molecular weight is 689 g/mol. The molecule has 2 aliphatic rings. The summed E-state index contributed by atoms with van der Waals surface area (Å²) in [4.78, 5) is 10.4. The molecule has 8 aromatic carbocycles. The predicted octanol–water partition coefficient (Wildman–Crippen LogP) is 12.8. The minimum atomic E-state index is -0.541. The van der Waals surface area contributed by atoms with E-state index in [0.29, 0.717) is 5.82 Å². The Balaban J connectivity index is 1.15. The first-order valence-corrected chi connectivity index (χ1v) is 18.4. The Morgan fingerprint density at radius 1 is 0.352 bits per heavy atom. The van der Waals surface area contributed by atoms with Crippen molar-refractivity contribution in [2.75, 3.05) is 0 Å². The molecular weight excluding hydrogens is 657 g/mol. The lowest BCUT2D eigenvalue weighted by Crippen LogP contribution is -2.32. The summed E-state index contributed by atoms with van der Waals surface area (Å²) in [6, 6.07) is 68.8. The van der Waals surface area contributed by atoms with Gasteiger partial charge in [0.05, 0.1) is 16.8 Å². The zero-order valence-electron chi connectivity index (χ0n) is 29.3. The van der Waals surface area contributed by atoms with Gasteiger partial charge in [-0.3, -0.25) is 0 Å². The first-order chi connectivity index (χ1) is 26.8. The normalized spacial score (nSPS) is 13.1. The molecule has 54 heavy (non-hydrogen) atoms. The quantitative estimate of drug-likeness (QED) is 0.185. The summed E-state index contributed by atoms with van der Waals surface area (Å²) in [5.74, 6) is 2.42. The van der Waals surface area contributed by atoms with Gasteiger partial charge < -0.3 is 4.74 Å². The number of nitrogens with zero attached hydrogens (tertiary/aromatic N) is 2. The van der Waals surface area contributed by atoms with Crippen molar-refractivity contribution in [1.82, 2.24) is 9.97 Å². The van der Waals surface area contributed by atoms with E-state index in [0.717, 1.165) is 61.8 Å². The Kier molecular flexibility index (Phi) is 6.77. The number of para-hydroxylation sites is 2. The second kappa shape index (κ2) is 12.0. The second-order valence-electron chi connectivity index (χ2n) is 14.1. The summed E-state index contributed by atoms with van der Waals surface area (Å²) in [7, 11) is 0. The third-order valence-electron chi connectivity index (χ3n) is 11.2. The van der Waals surface area contributed by atoms with Crippen LogP contribution in [0.15, 0.2) is 194 Å². The maximum absolute atomic E-state index is 7.06. The highest BCUT2D eigenvalue weighted by atomic mass is 16.5. The van der Waals surface area contributed by atoms with Crippen molar-refractivity contribution in [3.05, 3.63) is 216 Å². The van der Waals surface area contributed by atoms with Crippen molar-refractivity contribution < 1.29 is 4.74 Å². The smallest absolute Gasteiger partial charge is 0.160 e.